The number of nitro benzene ring substituents is 1. The van der Waals surface area contributed by atoms with Crippen molar-refractivity contribution in [1.82, 2.24) is 24.5 Å². The van der Waals surface area contributed by atoms with Crippen LogP contribution in [0.25, 0.3) is 11.0 Å². The molecule has 6 aliphatic heterocycles. The molecule has 6 fully saturated rings. The molecule has 2 aliphatic carbocycles. The molecule has 0 radical (unpaired) electrons. The van der Waals surface area contributed by atoms with Crippen LogP contribution < -0.4 is 34.0 Å². The third-order valence-corrected chi connectivity index (χ3v) is 20.9. The summed E-state index contributed by atoms with van der Waals surface area (Å²) in [5, 5.41) is 16.7. The molecule has 0 unspecified atom stereocenters. The van der Waals surface area contributed by atoms with Gasteiger partial charge in [0.05, 0.1) is 51.9 Å². The Labute approximate surface area is 492 Å². The fraction of sp³-hybridized carbons (Fsp3) is 0.492. The number of piperazine rings is 1. The third-order valence-electron chi connectivity index (χ3n) is 19.6. The number of H-pyrrole nitrogens is 1. The van der Waals surface area contributed by atoms with Crippen LogP contribution in [0.1, 0.15) is 105 Å². The second-order valence-electron chi connectivity index (χ2n) is 24.8. The number of pyridine rings is 1. The van der Waals surface area contributed by atoms with Gasteiger partial charge in [0, 0.05) is 99.6 Å². The first kappa shape index (κ1) is 55.7. The Morgan fingerprint density at radius 1 is 0.871 bits per heavy atom. The average Bonchev–Trinajstić information content (AvgIpc) is 2.04. The minimum atomic E-state index is -4.74. The van der Waals surface area contributed by atoms with Crippen LogP contribution in [0.4, 0.5) is 37.2 Å². The van der Waals surface area contributed by atoms with Gasteiger partial charge in [-0.1, -0.05) is 24.3 Å². The molecule has 448 valence electrons. The number of piperidine rings is 1. The molecule has 2 saturated carbocycles. The van der Waals surface area contributed by atoms with Crippen LogP contribution in [0, 0.1) is 33.1 Å². The number of nitrogens with zero attached hydrogens (tertiary/aromatic N) is 6. The predicted octanol–water partition coefficient (Wildman–Crippen LogP) is 10.00. The zero-order chi connectivity index (χ0) is 58.3. The number of carbonyl (C=O) groups is 1. The molecule has 22 heteroatoms. The van der Waals surface area contributed by atoms with E-state index >= 15 is 0 Å². The van der Waals surface area contributed by atoms with E-state index in [4.69, 9.17) is 28.7 Å². The zero-order valence-electron chi connectivity index (χ0n) is 47.7. The average molecular weight is 1180 g/mol. The Hall–Kier alpha value is -7.11. The molecule has 8 aliphatic rings. The molecule has 19 nitrogen and oxygen atoms in total. The fourth-order valence-electron chi connectivity index (χ4n) is 15.0. The normalized spacial score (nSPS) is 25.4. The number of carbonyl (C=O) groups excluding carboxylic acids is 1. The number of ether oxygens (including phenoxy) is 5. The number of aromatic amines is 1. The van der Waals surface area contributed by atoms with Gasteiger partial charge in [-0.25, -0.2) is 21.9 Å². The maximum absolute atomic E-state index is 15.0. The number of rotatable bonds is 13. The lowest BCUT2D eigenvalue weighted by molar-refractivity contribution is -0.384. The van der Waals surface area contributed by atoms with Gasteiger partial charge >= 0.3 is 0 Å². The highest BCUT2D eigenvalue weighted by molar-refractivity contribution is 7.90. The molecule has 2 aromatic heterocycles. The molecule has 4 saturated heterocycles. The van der Waals surface area contributed by atoms with Crippen molar-refractivity contribution in [3.8, 4) is 17.4 Å². The highest BCUT2D eigenvalue weighted by Gasteiger charge is 2.52. The number of nitrogens with one attached hydrogen (secondary N) is 3. The second kappa shape index (κ2) is 22.3. The number of amides is 1. The summed E-state index contributed by atoms with van der Waals surface area (Å²) in [5.41, 5.74) is 4.42. The Balaban J connectivity index is 0.732. The smallest absolute Gasteiger partial charge is 0.297 e. The Kier molecular flexibility index (Phi) is 14.6. The van der Waals surface area contributed by atoms with E-state index in [1.165, 1.54) is 23.8 Å². The summed E-state index contributed by atoms with van der Waals surface area (Å²) >= 11 is 0. The van der Waals surface area contributed by atoms with Gasteiger partial charge < -0.3 is 43.8 Å². The quantitative estimate of drug-likeness (QED) is 0.0727. The number of sulfonamides is 1. The highest BCUT2D eigenvalue weighted by atomic mass is 32.2. The number of anilines is 4. The predicted molar refractivity (Wildman–Crippen MR) is 315 cm³/mol. The maximum atomic E-state index is 15.0. The number of aromatic nitrogens is 2. The molecule has 8 heterocycles. The summed E-state index contributed by atoms with van der Waals surface area (Å²) in [4.78, 5) is 44.2. The standard InChI is InChI=1S/C63H71F2N9O10S/c1-37(2)83-56-6-4-3-5-45(56)55-34-71(50-12-10-44(50)39-7-11-47(64)48(65)27-39)22-23-72(55)42-32-63(33-42)17-20-70(21-18-63)41-8-9-46(52(29-41)73-51-16-26-81-36-58(51)84-62-54(73)28-40-13-19-66-60(40)68-62)61(75)69-85(78,79)43-30-53(74(76)77)59-57(31-43)82-35-49(67-59)38-14-24-80-25-15-38/h3-9,11,13,19,27-31,37-38,42,44,49-51,55,58,67H,10,12,14-18,20-26,32-36H2,1-2H3,(H,66,68)(H,69,75)/t44-,49-,50-,51-,55-,58-/m0/s1. The summed E-state index contributed by atoms with van der Waals surface area (Å²) in [6.45, 7) is 10.2. The topological polar surface area (TPSA) is 206 Å². The molecule has 6 aromatic rings. The first-order valence-electron chi connectivity index (χ1n) is 30.1. The third kappa shape index (κ3) is 10.5. The fourth-order valence-corrected chi connectivity index (χ4v) is 16.0. The first-order valence-corrected chi connectivity index (χ1v) is 31.6. The molecular weight excluding hydrogens is 1110 g/mol. The van der Waals surface area contributed by atoms with Crippen molar-refractivity contribution in [3.63, 3.8) is 0 Å². The van der Waals surface area contributed by atoms with E-state index in [9.17, 15) is 32.1 Å². The lowest BCUT2D eigenvalue weighted by Gasteiger charge is -2.59. The largest absolute Gasteiger partial charge is 0.491 e. The van der Waals surface area contributed by atoms with Crippen molar-refractivity contribution in [2.75, 3.05) is 80.9 Å². The van der Waals surface area contributed by atoms with Crippen LogP contribution >= 0.6 is 0 Å². The van der Waals surface area contributed by atoms with Crippen molar-refractivity contribution < 1.29 is 50.6 Å². The van der Waals surface area contributed by atoms with Crippen LogP contribution in [0.2, 0.25) is 0 Å². The van der Waals surface area contributed by atoms with Crippen LogP contribution in [0.15, 0.2) is 96.0 Å². The zero-order valence-corrected chi connectivity index (χ0v) is 48.5. The van der Waals surface area contributed by atoms with E-state index in [0.29, 0.717) is 55.2 Å². The highest BCUT2D eigenvalue weighted by Crippen LogP contribution is 2.55. The van der Waals surface area contributed by atoms with Gasteiger partial charge in [0.2, 0.25) is 5.88 Å². The van der Waals surface area contributed by atoms with Crippen molar-refractivity contribution in [2.45, 2.75) is 125 Å². The molecule has 85 heavy (non-hydrogen) atoms. The number of para-hydroxylation sites is 1. The Morgan fingerprint density at radius 2 is 1.68 bits per heavy atom. The van der Waals surface area contributed by atoms with Gasteiger partial charge in [-0.15, -0.1) is 0 Å². The summed E-state index contributed by atoms with van der Waals surface area (Å²) < 4.78 is 90.4. The minimum absolute atomic E-state index is 0.00368. The maximum Gasteiger partial charge on any atom is 0.297 e. The van der Waals surface area contributed by atoms with E-state index in [1.807, 2.05) is 30.3 Å². The summed E-state index contributed by atoms with van der Waals surface area (Å²) in [5.74, 6) is -1.00. The van der Waals surface area contributed by atoms with E-state index < -0.39 is 49.2 Å². The molecule has 4 aromatic carbocycles. The van der Waals surface area contributed by atoms with Crippen LogP contribution in [0.3, 0.4) is 0 Å². The summed E-state index contributed by atoms with van der Waals surface area (Å²) in [6, 6.07) is 24.5. The first-order chi connectivity index (χ1) is 41.2. The summed E-state index contributed by atoms with van der Waals surface area (Å²) in [7, 11) is -4.74. The van der Waals surface area contributed by atoms with Crippen LogP contribution in [-0.2, 0) is 19.5 Å². The Morgan fingerprint density at radius 3 is 2.46 bits per heavy atom. The molecule has 0 bridgehead atoms. The van der Waals surface area contributed by atoms with E-state index in [0.717, 1.165) is 113 Å². The van der Waals surface area contributed by atoms with Crippen molar-refractivity contribution in [2.24, 2.45) is 11.3 Å². The minimum Gasteiger partial charge on any atom is -0.491 e. The lowest BCUT2D eigenvalue weighted by Crippen LogP contribution is -2.62. The number of hydrogen-bond donors (Lipinski definition) is 3. The van der Waals surface area contributed by atoms with Crippen LogP contribution in [0.5, 0.6) is 17.4 Å². The molecular formula is C63H71F2N9O10S. The van der Waals surface area contributed by atoms with Gasteiger partial charge in [0.1, 0.15) is 29.8 Å². The van der Waals surface area contributed by atoms with Gasteiger partial charge in [-0.2, -0.15) is 4.98 Å². The number of fused-ring (bicyclic) bond motifs is 4. The number of nitro groups is 1. The Bertz CT molecular complexity index is 3660. The number of benzene rings is 4. The van der Waals surface area contributed by atoms with Gasteiger partial charge in [0.15, 0.2) is 23.1 Å². The SMILES string of the molecule is CC(C)Oc1ccccc1[C@@H]1CN([C@H]2CC[C@H]2c2ccc(F)c(F)c2)CCN1C1CC2(CCN(c3ccc(C(=O)NS(=O)(=O)c4cc5c(c([N+](=O)[O-])c4)N[C@H](C4CCOCC4)CO5)c(N4c5cc6cc[nH]c6nc5O[C@H]5COCC[C@@H]54)c3)CC2)C1. The number of hydrogen-bond acceptors (Lipinski definition) is 16. The molecule has 1 amide bonds. The summed E-state index contributed by atoms with van der Waals surface area (Å²) in [6.07, 6.45) is 9.32. The van der Waals surface area contributed by atoms with E-state index in [1.54, 1.807) is 18.3 Å². The molecule has 14 rings (SSSR count). The molecule has 3 N–H and O–H groups in total. The van der Waals surface area contributed by atoms with Gasteiger partial charge in [-0.05, 0) is 143 Å². The monoisotopic (exact) mass is 1180 g/mol. The van der Waals surface area contributed by atoms with Crippen LogP contribution in [-0.4, -0.2) is 141 Å². The number of halogens is 2. The van der Waals surface area contributed by atoms with Crippen molar-refractivity contribution >= 4 is 55.4 Å². The van der Waals surface area contributed by atoms with Gasteiger partial charge in [0.25, 0.3) is 21.6 Å². The second-order valence-corrected chi connectivity index (χ2v) is 26.5. The molecule has 6 atom stereocenters. The van der Waals surface area contributed by atoms with Crippen molar-refractivity contribution in [1.29, 1.82) is 0 Å². The van der Waals surface area contributed by atoms with E-state index in [2.05, 4.69) is 66.7 Å². The van der Waals surface area contributed by atoms with E-state index in [-0.39, 0.29) is 77.7 Å². The molecule has 1 spiro atoms. The van der Waals surface area contributed by atoms with Gasteiger partial charge in [-0.3, -0.25) is 24.7 Å². The lowest BCUT2D eigenvalue weighted by atomic mass is 9.59. The van der Waals surface area contributed by atoms with Crippen molar-refractivity contribution in [3.05, 3.63) is 130 Å².